The molecule has 1 aliphatic heterocycles. The maximum atomic E-state index is 12.4. The third kappa shape index (κ3) is 5.41. The number of benzene rings is 1. The van der Waals surface area contributed by atoms with Gasteiger partial charge in [0.15, 0.2) is 9.84 Å². The summed E-state index contributed by atoms with van der Waals surface area (Å²) in [6.45, 7) is 0.132. The second kappa shape index (κ2) is 10.3. The Morgan fingerprint density at radius 1 is 1.34 bits per heavy atom. The van der Waals surface area contributed by atoms with E-state index in [0.29, 0.717) is 17.7 Å². The Hall–Kier alpha value is -2.60. The van der Waals surface area contributed by atoms with E-state index >= 15 is 0 Å². The number of sulfone groups is 1. The number of aliphatic hydroxyl groups is 1. The standard InChI is InChI=1S/C21H22N2O7S.ClH/c1-30-21(12-31(28,29)13-21)19(20(26)22-27)23(14-25)18-8-6-15(7-9-18)4-2-3-5-16-10-17(16)11-24;/h6-9,14,16-17,19,24,27H,10-13H2,1H3,(H,22,26);1H/t16-,17+,19?;/m1./s1. The molecule has 172 valence electrons. The van der Waals surface area contributed by atoms with Gasteiger partial charge in [-0.2, -0.15) is 0 Å². The second-order valence-electron chi connectivity index (χ2n) is 7.54. The van der Waals surface area contributed by atoms with E-state index in [0.717, 1.165) is 11.3 Å². The van der Waals surface area contributed by atoms with Gasteiger partial charge in [0.25, 0.3) is 5.91 Å². The summed E-state index contributed by atoms with van der Waals surface area (Å²) in [6, 6.07) is 4.94. The predicted octanol–water partition coefficient (Wildman–Crippen LogP) is -0.258. The van der Waals surface area contributed by atoms with Gasteiger partial charge in [-0.25, -0.2) is 13.9 Å². The highest BCUT2D eigenvalue weighted by Crippen LogP contribution is 2.37. The number of hydroxylamine groups is 1. The lowest BCUT2D eigenvalue weighted by atomic mass is 9.94. The molecule has 9 nitrogen and oxygen atoms in total. The van der Waals surface area contributed by atoms with Crippen molar-refractivity contribution < 1.29 is 33.1 Å². The number of nitrogens with zero attached hydrogens (tertiary/aromatic N) is 1. The van der Waals surface area contributed by atoms with Crippen molar-refractivity contribution in [3.63, 3.8) is 0 Å². The average molecular weight is 483 g/mol. The Labute approximate surface area is 192 Å². The quantitative estimate of drug-likeness (QED) is 0.211. The van der Waals surface area contributed by atoms with E-state index in [4.69, 9.17) is 15.1 Å². The van der Waals surface area contributed by atoms with E-state index in [1.54, 1.807) is 24.3 Å². The Morgan fingerprint density at radius 2 is 2.00 bits per heavy atom. The molecule has 1 saturated heterocycles. The summed E-state index contributed by atoms with van der Waals surface area (Å²) in [5.41, 5.74) is 0.924. The van der Waals surface area contributed by atoms with Gasteiger partial charge in [-0.15, -0.1) is 12.4 Å². The molecule has 0 spiro atoms. The first-order valence-corrected chi connectivity index (χ1v) is 11.3. The predicted molar refractivity (Wildman–Crippen MR) is 118 cm³/mol. The fourth-order valence-corrected chi connectivity index (χ4v) is 5.57. The molecular weight excluding hydrogens is 460 g/mol. The molecule has 3 rings (SSSR count). The smallest absolute Gasteiger partial charge is 0.269 e. The van der Waals surface area contributed by atoms with Crippen LogP contribution in [0.4, 0.5) is 5.69 Å². The first-order valence-electron chi connectivity index (χ1n) is 9.45. The SMILES string of the molecule is COC1(C(C(=O)NO)N(C=O)c2ccc(C#CC#C[C@@H]3C[C@H]3CO)cc2)CS(=O)(=O)C1.Cl. The maximum absolute atomic E-state index is 12.4. The molecule has 1 aromatic rings. The number of amides is 2. The van der Waals surface area contributed by atoms with Crippen LogP contribution in [0.1, 0.15) is 12.0 Å². The number of methoxy groups -OCH3 is 1. The van der Waals surface area contributed by atoms with E-state index in [2.05, 4.69) is 23.7 Å². The third-order valence-electron chi connectivity index (χ3n) is 5.43. The van der Waals surface area contributed by atoms with Gasteiger partial charge in [-0.05, 0) is 48.4 Å². The highest BCUT2D eigenvalue weighted by Gasteiger charge is 2.59. The van der Waals surface area contributed by atoms with E-state index in [1.165, 1.54) is 12.6 Å². The van der Waals surface area contributed by atoms with Gasteiger partial charge in [-0.3, -0.25) is 19.7 Å². The zero-order chi connectivity index (χ0) is 22.6. The van der Waals surface area contributed by atoms with Crippen LogP contribution >= 0.6 is 12.4 Å². The molecule has 1 aliphatic carbocycles. The number of hydrogen-bond donors (Lipinski definition) is 3. The number of rotatable bonds is 7. The molecule has 0 bridgehead atoms. The molecule has 3 N–H and O–H groups in total. The summed E-state index contributed by atoms with van der Waals surface area (Å²) in [5.74, 6) is 9.88. The van der Waals surface area contributed by atoms with Crippen molar-refractivity contribution in [1.82, 2.24) is 5.48 Å². The van der Waals surface area contributed by atoms with Gasteiger partial charge in [0.1, 0.15) is 11.6 Å². The molecule has 3 atom stereocenters. The molecule has 1 aromatic carbocycles. The maximum Gasteiger partial charge on any atom is 0.269 e. The number of aliphatic hydroxyl groups excluding tert-OH is 1. The molecule has 2 aliphatic rings. The number of hydrogen-bond acceptors (Lipinski definition) is 7. The van der Waals surface area contributed by atoms with Gasteiger partial charge >= 0.3 is 0 Å². The fourth-order valence-electron chi connectivity index (χ4n) is 3.62. The van der Waals surface area contributed by atoms with Crippen molar-refractivity contribution in [1.29, 1.82) is 0 Å². The molecule has 0 radical (unpaired) electrons. The van der Waals surface area contributed by atoms with Crippen LogP contribution in [0.5, 0.6) is 0 Å². The van der Waals surface area contributed by atoms with Crippen LogP contribution in [0.3, 0.4) is 0 Å². The molecule has 1 unspecified atom stereocenters. The molecule has 1 heterocycles. The summed E-state index contributed by atoms with van der Waals surface area (Å²) in [5, 5.41) is 18.1. The zero-order valence-corrected chi connectivity index (χ0v) is 18.8. The molecule has 11 heteroatoms. The number of ether oxygens (including phenoxy) is 1. The van der Waals surface area contributed by atoms with E-state index < -0.39 is 38.9 Å². The lowest BCUT2D eigenvalue weighted by molar-refractivity contribution is -0.138. The van der Waals surface area contributed by atoms with Gasteiger partial charge < -0.3 is 9.84 Å². The fraction of sp³-hybridized carbons (Fsp3) is 0.429. The second-order valence-corrected chi connectivity index (χ2v) is 9.61. The van der Waals surface area contributed by atoms with Crippen LogP contribution in [0.15, 0.2) is 24.3 Å². The Balaban J connectivity index is 0.00000363. The molecule has 2 amide bonds. The zero-order valence-electron chi connectivity index (χ0n) is 17.1. The third-order valence-corrected chi connectivity index (χ3v) is 7.29. The Bertz CT molecular complexity index is 1070. The minimum absolute atomic E-state index is 0. The van der Waals surface area contributed by atoms with Crippen LogP contribution in [-0.4, -0.2) is 67.9 Å². The van der Waals surface area contributed by atoms with Crippen LogP contribution in [0.25, 0.3) is 0 Å². The monoisotopic (exact) mass is 482 g/mol. The van der Waals surface area contributed by atoms with Crippen molar-refractivity contribution in [2.75, 3.05) is 30.1 Å². The molecule has 2 fully saturated rings. The lowest BCUT2D eigenvalue weighted by Crippen LogP contribution is -2.71. The van der Waals surface area contributed by atoms with Crippen molar-refractivity contribution in [2.24, 2.45) is 11.8 Å². The summed E-state index contributed by atoms with van der Waals surface area (Å²) < 4.78 is 28.8. The van der Waals surface area contributed by atoms with Crippen LogP contribution in [0, 0.1) is 35.5 Å². The van der Waals surface area contributed by atoms with Crippen molar-refractivity contribution in [3.05, 3.63) is 29.8 Å². The van der Waals surface area contributed by atoms with E-state index in [9.17, 15) is 18.0 Å². The van der Waals surface area contributed by atoms with Crippen LogP contribution in [-0.2, 0) is 24.2 Å². The molecule has 0 aromatic heterocycles. The summed E-state index contributed by atoms with van der Waals surface area (Å²) in [6.07, 6.45) is 1.26. The Kier molecular flexibility index (Phi) is 8.29. The van der Waals surface area contributed by atoms with Gasteiger partial charge in [-0.1, -0.05) is 11.8 Å². The van der Waals surface area contributed by atoms with Gasteiger partial charge in [0.05, 0.1) is 11.5 Å². The molecular formula is C21H23ClN2O7S. The van der Waals surface area contributed by atoms with E-state index in [-0.39, 0.29) is 30.8 Å². The lowest BCUT2D eigenvalue weighted by Gasteiger charge is -2.47. The van der Waals surface area contributed by atoms with Crippen LogP contribution in [0.2, 0.25) is 0 Å². The number of carbonyl (C=O) groups excluding carboxylic acids is 2. The minimum atomic E-state index is -3.41. The highest BCUT2D eigenvalue weighted by atomic mass is 35.5. The van der Waals surface area contributed by atoms with E-state index in [1.807, 2.05) is 0 Å². The van der Waals surface area contributed by atoms with Crippen molar-refractivity contribution in [2.45, 2.75) is 18.1 Å². The minimum Gasteiger partial charge on any atom is -0.396 e. The number of nitrogens with one attached hydrogen (secondary N) is 1. The normalized spacial score (nSPS) is 22.2. The summed E-state index contributed by atoms with van der Waals surface area (Å²) in [4.78, 5) is 25.2. The van der Waals surface area contributed by atoms with Crippen molar-refractivity contribution >= 4 is 40.2 Å². The molecule has 1 saturated carbocycles. The first-order chi connectivity index (χ1) is 14.8. The van der Waals surface area contributed by atoms with Crippen molar-refractivity contribution in [3.8, 4) is 23.7 Å². The first kappa shape index (κ1) is 25.7. The topological polar surface area (TPSA) is 133 Å². The number of halogens is 1. The average Bonchev–Trinajstić information content (AvgIpc) is 3.51. The summed E-state index contributed by atoms with van der Waals surface area (Å²) >= 11 is 0. The summed E-state index contributed by atoms with van der Waals surface area (Å²) in [7, 11) is -2.16. The Morgan fingerprint density at radius 3 is 2.47 bits per heavy atom. The highest BCUT2D eigenvalue weighted by molar-refractivity contribution is 7.93. The number of carbonyl (C=O) groups is 2. The van der Waals surface area contributed by atoms with Crippen LogP contribution < -0.4 is 10.4 Å². The largest absolute Gasteiger partial charge is 0.396 e. The van der Waals surface area contributed by atoms with Gasteiger partial charge in [0.2, 0.25) is 6.41 Å². The molecule has 32 heavy (non-hydrogen) atoms. The van der Waals surface area contributed by atoms with Gasteiger partial charge in [0, 0.05) is 30.9 Å². The number of anilines is 1.